The number of hydrogen-bond donors (Lipinski definition) is 0. The molecule has 0 amide bonds. The Balaban J connectivity index is 0.000000292. The number of hydrogen-bond acceptors (Lipinski definition) is 3. The van der Waals surface area contributed by atoms with Crippen molar-refractivity contribution in [3.8, 4) is 0 Å². The highest BCUT2D eigenvalue weighted by molar-refractivity contribution is 5.75. The van der Waals surface area contributed by atoms with E-state index in [1.54, 1.807) is 12.1 Å². The monoisotopic (exact) mass is 346 g/mol. The number of halogens is 4. The van der Waals surface area contributed by atoms with Gasteiger partial charge in [-0.2, -0.15) is 17.6 Å². The van der Waals surface area contributed by atoms with Gasteiger partial charge in [0.1, 0.15) is 6.61 Å². The smallest absolute Gasteiger partial charge is 0.393 e. The molecule has 3 nitrogen and oxygen atoms in total. The normalized spacial score (nSPS) is 19.8. The van der Waals surface area contributed by atoms with Crippen LogP contribution in [0.5, 0.6) is 0 Å². The molecule has 3 rings (SSSR count). The maximum absolute atomic E-state index is 12.5. The summed E-state index contributed by atoms with van der Waals surface area (Å²) >= 11 is 0. The van der Waals surface area contributed by atoms with Crippen LogP contribution in [0.1, 0.15) is 49.8 Å². The zero-order chi connectivity index (χ0) is 17.6. The Kier molecular flexibility index (Phi) is 6.60. The summed E-state index contributed by atoms with van der Waals surface area (Å²) in [7, 11) is 0. The molecule has 1 fully saturated rings. The average molecular weight is 346 g/mol. The highest BCUT2D eigenvalue weighted by atomic mass is 19.4. The van der Waals surface area contributed by atoms with E-state index in [2.05, 4.69) is 21.8 Å². The molecule has 0 N–H and O–H groups in total. The molecule has 1 aromatic rings. The predicted molar refractivity (Wildman–Crippen MR) is 84.4 cm³/mol. The molecule has 0 spiro atoms. The molecule has 24 heavy (non-hydrogen) atoms. The SMILES string of the molecule is CC(c1ccc(C(F)(F)F)cc1)N1CCCCC1.FC1=NOCC1. The fourth-order valence-corrected chi connectivity index (χ4v) is 2.76. The maximum atomic E-state index is 12.5. The summed E-state index contributed by atoms with van der Waals surface area (Å²) in [5.41, 5.74) is 0.391. The summed E-state index contributed by atoms with van der Waals surface area (Å²) in [5, 5.41) is 2.99. The van der Waals surface area contributed by atoms with Crippen LogP contribution in [0.25, 0.3) is 0 Å². The molecule has 134 valence electrons. The van der Waals surface area contributed by atoms with E-state index >= 15 is 0 Å². The van der Waals surface area contributed by atoms with Gasteiger partial charge >= 0.3 is 6.18 Å². The Morgan fingerprint density at radius 1 is 1.08 bits per heavy atom. The van der Waals surface area contributed by atoms with Gasteiger partial charge in [-0.15, -0.1) is 0 Å². The van der Waals surface area contributed by atoms with Crippen LogP contribution < -0.4 is 0 Å². The average Bonchev–Trinajstić information content (AvgIpc) is 3.06. The molecule has 0 aliphatic carbocycles. The highest BCUT2D eigenvalue weighted by Gasteiger charge is 2.30. The van der Waals surface area contributed by atoms with E-state index in [1.165, 1.54) is 31.4 Å². The third-order valence-corrected chi connectivity index (χ3v) is 4.22. The molecule has 0 radical (unpaired) electrons. The molecule has 2 heterocycles. The summed E-state index contributed by atoms with van der Waals surface area (Å²) in [5.74, 6) is -0.394. The minimum Gasteiger partial charge on any atom is -0.393 e. The number of rotatable bonds is 2. The summed E-state index contributed by atoms with van der Waals surface area (Å²) in [6.07, 6.45) is -0.265. The summed E-state index contributed by atoms with van der Waals surface area (Å²) in [6, 6.07) is 5.75. The minimum atomic E-state index is -4.24. The number of oxime groups is 1. The molecule has 1 atom stereocenters. The third kappa shape index (κ3) is 5.47. The fraction of sp³-hybridized carbons (Fsp3) is 0.588. The number of likely N-dealkylation sites (tertiary alicyclic amines) is 1. The van der Waals surface area contributed by atoms with Crippen LogP contribution in [0, 0.1) is 0 Å². The third-order valence-electron chi connectivity index (χ3n) is 4.22. The van der Waals surface area contributed by atoms with Crippen LogP contribution in [0.4, 0.5) is 17.6 Å². The van der Waals surface area contributed by atoms with Gasteiger partial charge in [-0.05, 0) is 50.6 Å². The lowest BCUT2D eigenvalue weighted by atomic mass is 10.0. The number of benzene rings is 1. The number of piperidine rings is 1. The minimum absolute atomic E-state index is 0.201. The van der Waals surface area contributed by atoms with Crippen molar-refractivity contribution in [1.82, 2.24) is 4.90 Å². The lowest BCUT2D eigenvalue weighted by molar-refractivity contribution is -0.137. The Bertz CT molecular complexity index is 537. The topological polar surface area (TPSA) is 24.8 Å². The Hall–Kier alpha value is -1.63. The molecule has 7 heteroatoms. The number of nitrogens with zero attached hydrogens (tertiary/aromatic N) is 2. The van der Waals surface area contributed by atoms with Crippen molar-refractivity contribution < 1.29 is 22.4 Å². The fourth-order valence-electron chi connectivity index (χ4n) is 2.76. The first-order chi connectivity index (χ1) is 11.4. The van der Waals surface area contributed by atoms with Gasteiger partial charge in [-0.3, -0.25) is 4.90 Å². The van der Waals surface area contributed by atoms with Gasteiger partial charge in [0, 0.05) is 6.04 Å². The van der Waals surface area contributed by atoms with Crippen LogP contribution in [-0.2, 0) is 11.0 Å². The van der Waals surface area contributed by atoms with Crippen LogP contribution >= 0.6 is 0 Å². The second kappa shape index (κ2) is 8.46. The Morgan fingerprint density at radius 2 is 1.71 bits per heavy atom. The second-order valence-corrected chi connectivity index (χ2v) is 5.94. The van der Waals surface area contributed by atoms with Crippen molar-refractivity contribution in [3.63, 3.8) is 0 Å². The van der Waals surface area contributed by atoms with Gasteiger partial charge in [-0.25, -0.2) is 0 Å². The van der Waals surface area contributed by atoms with Crippen molar-refractivity contribution in [2.75, 3.05) is 19.7 Å². The molecular weight excluding hydrogens is 324 g/mol. The summed E-state index contributed by atoms with van der Waals surface area (Å²) in [4.78, 5) is 6.61. The molecule has 0 saturated carbocycles. The maximum Gasteiger partial charge on any atom is 0.416 e. The summed E-state index contributed by atoms with van der Waals surface area (Å²) < 4.78 is 48.9. The van der Waals surface area contributed by atoms with Crippen molar-refractivity contribution in [2.45, 2.75) is 44.8 Å². The van der Waals surface area contributed by atoms with Gasteiger partial charge in [0.05, 0.1) is 12.0 Å². The van der Waals surface area contributed by atoms with Crippen molar-refractivity contribution in [2.24, 2.45) is 5.16 Å². The van der Waals surface area contributed by atoms with Crippen LogP contribution in [0.3, 0.4) is 0 Å². The standard InChI is InChI=1S/C14H18F3N.C3H4FNO/c1-11(18-9-3-2-4-10-18)12-5-7-13(8-6-12)14(15,16)17;4-3-1-2-6-5-3/h5-8,11H,2-4,9-10H2,1H3;1-2H2. The largest absolute Gasteiger partial charge is 0.416 e. The van der Waals surface area contributed by atoms with E-state index in [9.17, 15) is 17.6 Å². The Morgan fingerprint density at radius 3 is 2.12 bits per heavy atom. The Labute approximate surface area is 139 Å². The highest BCUT2D eigenvalue weighted by Crippen LogP contribution is 2.31. The molecule has 2 aliphatic heterocycles. The van der Waals surface area contributed by atoms with Crippen LogP contribution in [-0.4, -0.2) is 30.6 Å². The van der Waals surface area contributed by atoms with E-state index in [-0.39, 0.29) is 6.04 Å². The molecule has 1 saturated heterocycles. The first-order valence-corrected chi connectivity index (χ1v) is 8.13. The lowest BCUT2D eigenvalue weighted by Gasteiger charge is -2.32. The van der Waals surface area contributed by atoms with Gasteiger partial charge in [-0.1, -0.05) is 23.7 Å². The second-order valence-electron chi connectivity index (χ2n) is 5.94. The van der Waals surface area contributed by atoms with Crippen LogP contribution in [0.2, 0.25) is 0 Å². The zero-order valence-electron chi connectivity index (χ0n) is 13.7. The quantitative estimate of drug-likeness (QED) is 0.709. The molecule has 0 aromatic heterocycles. The van der Waals surface area contributed by atoms with Crippen molar-refractivity contribution in [3.05, 3.63) is 35.4 Å². The van der Waals surface area contributed by atoms with Crippen molar-refractivity contribution in [1.29, 1.82) is 0 Å². The molecule has 1 aromatic carbocycles. The zero-order valence-corrected chi connectivity index (χ0v) is 13.7. The first-order valence-electron chi connectivity index (χ1n) is 8.13. The molecular formula is C17H22F4N2O. The molecule has 1 unspecified atom stereocenters. The summed E-state index contributed by atoms with van der Waals surface area (Å²) in [6.45, 7) is 4.56. The van der Waals surface area contributed by atoms with E-state index < -0.39 is 17.7 Å². The first kappa shape index (κ1) is 18.7. The van der Waals surface area contributed by atoms with E-state index in [0.29, 0.717) is 13.0 Å². The van der Waals surface area contributed by atoms with E-state index in [0.717, 1.165) is 18.7 Å². The lowest BCUT2D eigenvalue weighted by Crippen LogP contribution is -2.32. The van der Waals surface area contributed by atoms with Gasteiger partial charge in [0.25, 0.3) is 0 Å². The number of alkyl halides is 3. The predicted octanol–water partition coefficient (Wildman–Crippen LogP) is 4.94. The van der Waals surface area contributed by atoms with Gasteiger partial charge < -0.3 is 4.84 Å². The van der Waals surface area contributed by atoms with Gasteiger partial charge in [0.15, 0.2) is 0 Å². The van der Waals surface area contributed by atoms with E-state index in [4.69, 9.17) is 0 Å². The molecule has 2 aliphatic rings. The molecule has 0 bridgehead atoms. The van der Waals surface area contributed by atoms with E-state index in [1.807, 2.05) is 0 Å². The van der Waals surface area contributed by atoms with Gasteiger partial charge in [0.2, 0.25) is 5.97 Å². The van der Waals surface area contributed by atoms with Crippen LogP contribution in [0.15, 0.2) is 29.4 Å². The van der Waals surface area contributed by atoms with Crippen molar-refractivity contribution >= 4 is 5.97 Å².